The van der Waals surface area contributed by atoms with Crippen molar-refractivity contribution in [3.8, 4) is 11.3 Å². The summed E-state index contributed by atoms with van der Waals surface area (Å²) in [5.41, 5.74) is 1.78. The van der Waals surface area contributed by atoms with E-state index in [0.717, 1.165) is 45.9 Å². The van der Waals surface area contributed by atoms with Crippen LogP contribution in [0.5, 0.6) is 0 Å². The molecule has 2 aliphatic rings. The number of rotatable bonds is 9. The number of oxazole rings is 1. The number of carbonyl (C=O) groups is 1. The number of aromatic nitrogens is 3. The lowest BCUT2D eigenvalue weighted by atomic mass is 9.97. The van der Waals surface area contributed by atoms with E-state index in [9.17, 15) is 18.0 Å². The predicted octanol–water partition coefficient (Wildman–Crippen LogP) is 5.28. The molecule has 0 amide bonds. The molecule has 5 rings (SSSR count). The second-order valence-electron chi connectivity index (χ2n) is 12.2. The van der Waals surface area contributed by atoms with Crippen molar-refractivity contribution in [3.63, 3.8) is 0 Å². The molecule has 224 valence electrons. The van der Waals surface area contributed by atoms with Crippen molar-refractivity contribution in [1.29, 1.82) is 0 Å². The third kappa shape index (κ3) is 5.32. The van der Waals surface area contributed by atoms with E-state index in [4.69, 9.17) is 13.8 Å². The lowest BCUT2D eigenvalue weighted by Gasteiger charge is -2.43. The van der Waals surface area contributed by atoms with Gasteiger partial charge in [0, 0.05) is 44.2 Å². The third-order valence-corrected chi connectivity index (χ3v) is 15.5. The summed E-state index contributed by atoms with van der Waals surface area (Å²) in [7, 11) is -2.62. The molecule has 0 bridgehead atoms. The minimum Gasteiger partial charge on any atom is -0.445 e. The van der Waals surface area contributed by atoms with E-state index in [2.05, 4.69) is 66.6 Å². The third-order valence-electron chi connectivity index (χ3n) is 8.86. The fraction of sp³-hybridized carbons (Fsp3) is 0.643. The zero-order valence-electron chi connectivity index (χ0n) is 24.4. The summed E-state index contributed by atoms with van der Waals surface area (Å²) < 4.78 is 58.3. The highest BCUT2D eigenvalue weighted by molar-refractivity contribution is 6.93. The maximum absolute atomic E-state index is 13.8. The van der Waals surface area contributed by atoms with E-state index < -0.39 is 25.7 Å². The molecule has 1 aromatic carbocycles. The van der Waals surface area contributed by atoms with E-state index in [-0.39, 0.29) is 27.9 Å². The molecule has 0 atom stereocenters. The maximum atomic E-state index is 13.8. The fourth-order valence-electron chi connectivity index (χ4n) is 7.01. The number of hydrogen-bond donors (Lipinski definition) is 0. The number of ether oxygens (including phenoxy) is 1. The summed E-state index contributed by atoms with van der Waals surface area (Å²) in [4.78, 5) is 21.6. The van der Waals surface area contributed by atoms with Gasteiger partial charge in [-0.05, 0) is 39.1 Å². The summed E-state index contributed by atoms with van der Waals surface area (Å²) in [6, 6.07) is 3.28. The van der Waals surface area contributed by atoms with Crippen LogP contribution in [0.2, 0.25) is 16.6 Å². The van der Waals surface area contributed by atoms with E-state index in [1.165, 1.54) is 0 Å². The van der Waals surface area contributed by atoms with Gasteiger partial charge in [-0.15, -0.1) is 0 Å². The van der Waals surface area contributed by atoms with Gasteiger partial charge >= 0.3 is 6.18 Å². The molecule has 13 heteroatoms. The number of Topliss-reactive ketones (excluding diaryl/α,β-unsaturated/α-hetero) is 1. The number of nitrogens with zero attached hydrogens (tertiary/aromatic N) is 5. The highest BCUT2D eigenvalue weighted by Gasteiger charge is 2.51. The van der Waals surface area contributed by atoms with Gasteiger partial charge < -0.3 is 14.1 Å². The van der Waals surface area contributed by atoms with Crippen LogP contribution in [0.3, 0.4) is 0 Å². The lowest BCUT2D eigenvalue weighted by molar-refractivity contribution is -0.0887. The van der Waals surface area contributed by atoms with Crippen molar-refractivity contribution in [3.05, 3.63) is 17.8 Å². The molecule has 9 nitrogen and oxygen atoms in total. The van der Waals surface area contributed by atoms with Gasteiger partial charge in [-0.1, -0.05) is 41.5 Å². The second-order valence-corrected chi connectivity index (χ2v) is 18.0. The summed E-state index contributed by atoms with van der Waals surface area (Å²) >= 11 is 0. The number of benzene rings is 1. The van der Waals surface area contributed by atoms with Crippen LogP contribution in [0.15, 0.2) is 21.2 Å². The van der Waals surface area contributed by atoms with Crippen molar-refractivity contribution in [2.24, 2.45) is 5.92 Å². The number of ketones is 1. The fourth-order valence-corrected chi connectivity index (χ4v) is 13.1. The minimum absolute atomic E-state index is 0.116. The Morgan fingerprint density at radius 3 is 2.24 bits per heavy atom. The predicted molar refractivity (Wildman–Crippen MR) is 151 cm³/mol. The Morgan fingerprint density at radius 1 is 1.02 bits per heavy atom. The number of anilines is 1. The Labute approximate surface area is 238 Å². The van der Waals surface area contributed by atoms with Crippen molar-refractivity contribution in [2.45, 2.75) is 64.3 Å². The molecule has 0 aliphatic carbocycles. The number of carbonyl (C=O) groups excluding carboxylic acids is 1. The Balaban J connectivity index is 1.57. The van der Waals surface area contributed by atoms with E-state index in [1.54, 1.807) is 12.1 Å². The second kappa shape index (κ2) is 11.1. The van der Waals surface area contributed by atoms with Crippen LogP contribution >= 0.6 is 0 Å². The van der Waals surface area contributed by atoms with Gasteiger partial charge in [0.15, 0.2) is 30.6 Å². The van der Waals surface area contributed by atoms with Gasteiger partial charge in [0.1, 0.15) is 5.52 Å². The number of halogens is 3. The maximum Gasteiger partial charge on any atom is 0.456 e. The molecule has 2 aromatic heterocycles. The largest absolute Gasteiger partial charge is 0.456 e. The standard InChI is InChI=1S/C28H38F3N5O4Si/c1-16(2)41(17(3)4,18(5)6)27-32-24(26(37)28(29,30)31)25(39-27)20-11-21-23(34-40-33-21)22(12-20)36-14-19(15-36)13-35-7-9-38-10-8-35/h11-12,16-19H,7-10,13-15H2,1-6H3. The van der Waals surface area contributed by atoms with Crippen LogP contribution in [0, 0.1) is 5.92 Å². The van der Waals surface area contributed by atoms with E-state index in [1.807, 2.05) is 0 Å². The van der Waals surface area contributed by atoms with Crippen LogP contribution in [-0.2, 0) is 4.74 Å². The highest BCUT2D eigenvalue weighted by atomic mass is 28.3. The number of fused-ring (bicyclic) bond motifs is 1. The molecular formula is C28H38F3N5O4Si. The zero-order valence-corrected chi connectivity index (χ0v) is 25.4. The smallest absolute Gasteiger partial charge is 0.445 e. The Kier molecular flexibility index (Phi) is 8.07. The monoisotopic (exact) mass is 593 g/mol. The van der Waals surface area contributed by atoms with Crippen LogP contribution in [-0.4, -0.2) is 86.2 Å². The van der Waals surface area contributed by atoms with Gasteiger partial charge in [-0.3, -0.25) is 9.69 Å². The van der Waals surface area contributed by atoms with E-state index >= 15 is 0 Å². The van der Waals surface area contributed by atoms with Crippen molar-refractivity contribution in [2.75, 3.05) is 50.8 Å². The van der Waals surface area contributed by atoms with Crippen LogP contribution in [0.1, 0.15) is 52.0 Å². The molecule has 3 aromatic rings. The Bertz CT molecular complexity index is 1370. The molecule has 0 radical (unpaired) electrons. The number of alkyl halides is 3. The summed E-state index contributed by atoms with van der Waals surface area (Å²) in [6.45, 7) is 18.1. The van der Waals surface area contributed by atoms with Gasteiger partial charge in [0.05, 0.1) is 18.9 Å². The quantitative estimate of drug-likeness (QED) is 0.243. The minimum atomic E-state index is -5.10. The molecule has 2 saturated heterocycles. The Morgan fingerprint density at radius 2 is 1.66 bits per heavy atom. The highest BCUT2D eigenvalue weighted by Crippen LogP contribution is 2.43. The van der Waals surface area contributed by atoms with Gasteiger partial charge in [-0.25, -0.2) is 9.61 Å². The topological polar surface area (TPSA) is 97.7 Å². The zero-order chi connectivity index (χ0) is 29.7. The normalized spacial score (nSPS) is 17.8. The SMILES string of the molecule is CC(C)[Si](c1nc(C(=O)C(F)(F)F)c(-c2cc(N3CC(CN4CCOCC4)C3)c3nonc3c2)o1)(C(C)C)C(C)C. The lowest BCUT2D eigenvalue weighted by Crippen LogP contribution is -2.56. The first kappa shape index (κ1) is 29.7. The summed E-state index contributed by atoms with van der Waals surface area (Å²) in [6.07, 6.45) is -5.10. The summed E-state index contributed by atoms with van der Waals surface area (Å²) in [5.74, 6) is -1.77. The molecule has 4 heterocycles. The van der Waals surface area contributed by atoms with Crippen molar-refractivity contribution >= 4 is 36.1 Å². The van der Waals surface area contributed by atoms with Crippen molar-refractivity contribution < 1.29 is 31.7 Å². The van der Waals surface area contributed by atoms with Crippen molar-refractivity contribution in [1.82, 2.24) is 20.2 Å². The van der Waals surface area contributed by atoms with Gasteiger partial charge in [-0.2, -0.15) is 13.2 Å². The number of hydrogen-bond acceptors (Lipinski definition) is 9. The van der Waals surface area contributed by atoms with Crippen LogP contribution in [0.4, 0.5) is 18.9 Å². The van der Waals surface area contributed by atoms with Gasteiger partial charge in [0.25, 0.3) is 5.78 Å². The molecule has 0 unspecified atom stereocenters. The first-order chi connectivity index (χ1) is 19.3. The molecule has 2 fully saturated rings. The summed E-state index contributed by atoms with van der Waals surface area (Å²) in [5, 5.41) is 8.05. The van der Waals surface area contributed by atoms with Crippen LogP contribution < -0.4 is 10.4 Å². The first-order valence-electron chi connectivity index (χ1n) is 14.3. The molecule has 0 spiro atoms. The molecule has 0 N–H and O–H groups in total. The average Bonchev–Trinajstić information content (AvgIpc) is 3.52. The van der Waals surface area contributed by atoms with Crippen LogP contribution in [0.25, 0.3) is 22.4 Å². The Hall–Kier alpha value is -2.77. The average molecular weight is 594 g/mol. The molecular weight excluding hydrogens is 555 g/mol. The first-order valence-corrected chi connectivity index (χ1v) is 16.5. The van der Waals surface area contributed by atoms with Gasteiger partial charge in [0.2, 0.25) is 0 Å². The molecule has 41 heavy (non-hydrogen) atoms. The molecule has 0 saturated carbocycles. The number of morpholine rings is 1. The van der Waals surface area contributed by atoms with E-state index in [0.29, 0.717) is 28.2 Å². The molecule has 2 aliphatic heterocycles.